The van der Waals surface area contributed by atoms with E-state index in [1.165, 1.54) is 10.5 Å². The topological polar surface area (TPSA) is 46.6 Å². The molecule has 0 spiro atoms. The lowest BCUT2D eigenvalue weighted by Crippen LogP contribution is -2.31. The van der Waals surface area contributed by atoms with Crippen LogP contribution in [0.25, 0.3) is 0 Å². The number of esters is 1. The van der Waals surface area contributed by atoms with Gasteiger partial charge in [0, 0.05) is 12.6 Å². The summed E-state index contributed by atoms with van der Waals surface area (Å²) in [4.78, 5) is 26.0. The van der Waals surface area contributed by atoms with Crippen molar-refractivity contribution in [1.82, 2.24) is 4.90 Å². The predicted octanol–water partition coefficient (Wildman–Crippen LogP) is 4.26. The van der Waals surface area contributed by atoms with E-state index in [4.69, 9.17) is 4.74 Å². The van der Waals surface area contributed by atoms with E-state index in [9.17, 15) is 9.59 Å². The van der Waals surface area contributed by atoms with Crippen LogP contribution >= 0.6 is 0 Å². The van der Waals surface area contributed by atoms with Gasteiger partial charge in [-0.1, -0.05) is 56.3 Å². The van der Waals surface area contributed by atoms with E-state index in [2.05, 4.69) is 26.0 Å². The van der Waals surface area contributed by atoms with Gasteiger partial charge in [0.05, 0.1) is 5.92 Å². The summed E-state index contributed by atoms with van der Waals surface area (Å²) >= 11 is 0. The minimum atomic E-state index is -0.372. The van der Waals surface area contributed by atoms with Crippen molar-refractivity contribution < 1.29 is 14.3 Å². The van der Waals surface area contributed by atoms with Gasteiger partial charge in [0.2, 0.25) is 0 Å². The Balaban J connectivity index is 1.89. The summed E-state index contributed by atoms with van der Waals surface area (Å²) in [5.41, 5.74) is 2.75. The molecule has 1 atom stereocenters. The molecule has 1 amide bonds. The number of nitrogens with zero attached hydrogens (tertiary/aromatic N) is 1. The van der Waals surface area contributed by atoms with Crippen LogP contribution in [0.4, 0.5) is 0 Å². The first-order chi connectivity index (χ1) is 12.4. The maximum absolute atomic E-state index is 12.3. The first kappa shape index (κ1) is 19.7. The number of amides is 1. The first-order valence-electron chi connectivity index (χ1n) is 8.94. The van der Waals surface area contributed by atoms with Crippen LogP contribution in [0.15, 0.2) is 54.6 Å². The molecule has 0 saturated carbocycles. The van der Waals surface area contributed by atoms with Crippen molar-refractivity contribution in [3.63, 3.8) is 0 Å². The van der Waals surface area contributed by atoms with Gasteiger partial charge in [-0.15, -0.1) is 0 Å². The van der Waals surface area contributed by atoms with Crippen LogP contribution in [0.1, 0.15) is 48.2 Å². The highest BCUT2D eigenvalue weighted by molar-refractivity contribution is 5.94. The summed E-state index contributed by atoms with van der Waals surface area (Å²) < 4.78 is 5.32. The maximum atomic E-state index is 12.3. The molecule has 0 N–H and O–H groups in total. The predicted molar refractivity (Wildman–Crippen MR) is 103 cm³/mol. The number of hydrogen-bond acceptors (Lipinski definition) is 3. The average Bonchev–Trinajstić information content (AvgIpc) is 2.65. The second-order valence-electron chi connectivity index (χ2n) is 7.02. The van der Waals surface area contributed by atoms with Crippen molar-refractivity contribution in [2.24, 2.45) is 5.92 Å². The molecule has 0 aliphatic heterocycles. The number of carbonyl (C=O) groups is 2. The van der Waals surface area contributed by atoms with E-state index in [0.717, 1.165) is 12.0 Å². The first-order valence-corrected chi connectivity index (χ1v) is 8.94. The molecule has 0 aliphatic rings. The Labute approximate surface area is 155 Å². The molecule has 2 aromatic rings. The lowest BCUT2D eigenvalue weighted by atomic mass is 9.97. The van der Waals surface area contributed by atoms with E-state index < -0.39 is 0 Å². The fourth-order valence-corrected chi connectivity index (χ4v) is 2.70. The van der Waals surface area contributed by atoms with Gasteiger partial charge in [-0.25, -0.2) is 0 Å². The zero-order chi connectivity index (χ0) is 19.1. The minimum Gasteiger partial charge on any atom is -0.444 e. The standard InChI is InChI=1S/C22H27NO3/c1-16(2)14-18-10-12-19(13-11-18)17(3)22(25)26-15-23(4)21(24)20-8-6-5-7-9-20/h5-13,16-17H,14-15H2,1-4H3. The zero-order valence-corrected chi connectivity index (χ0v) is 15.9. The molecule has 2 aromatic carbocycles. The van der Waals surface area contributed by atoms with Crippen molar-refractivity contribution in [2.45, 2.75) is 33.1 Å². The molecule has 4 nitrogen and oxygen atoms in total. The normalized spacial score (nSPS) is 11.9. The van der Waals surface area contributed by atoms with E-state index >= 15 is 0 Å². The van der Waals surface area contributed by atoms with Crippen molar-refractivity contribution in [3.8, 4) is 0 Å². The Morgan fingerprint density at radius 1 is 0.962 bits per heavy atom. The molecule has 2 rings (SSSR count). The molecule has 0 aliphatic carbocycles. The number of rotatable bonds is 7. The summed E-state index contributed by atoms with van der Waals surface area (Å²) in [7, 11) is 1.62. The third-order valence-corrected chi connectivity index (χ3v) is 4.25. The Bertz CT molecular complexity index is 723. The van der Waals surface area contributed by atoms with Gasteiger partial charge in [0.15, 0.2) is 6.73 Å². The van der Waals surface area contributed by atoms with Crippen LogP contribution in [0, 0.1) is 5.92 Å². The Morgan fingerprint density at radius 2 is 1.58 bits per heavy atom. The van der Waals surface area contributed by atoms with Crippen LogP contribution in [0.5, 0.6) is 0 Å². The summed E-state index contributed by atoms with van der Waals surface area (Å²) in [6, 6.07) is 17.0. The maximum Gasteiger partial charge on any atom is 0.314 e. The van der Waals surface area contributed by atoms with Crippen LogP contribution in [0.3, 0.4) is 0 Å². The molecule has 0 fully saturated rings. The number of benzene rings is 2. The third kappa shape index (κ3) is 5.45. The van der Waals surface area contributed by atoms with E-state index in [1.807, 2.05) is 25.1 Å². The molecule has 26 heavy (non-hydrogen) atoms. The quantitative estimate of drug-likeness (QED) is 0.552. The van der Waals surface area contributed by atoms with Crippen molar-refractivity contribution in [1.29, 1.82) is 0 Å². The smallest absolute Gasteiger partial charge is 0.314 e. The highest BCUT2D eigenvalue weighted by Gasteiger charge is 2.19. The van der Waals surface area contributed by atoms with E-state index in [0.29, 0.717) is 11.5 Å². The van der Waals surface area contributed by atoms with Crippen LogP contribution in [-0.4, -0.2) is 30.6 Å². The van der Waals surface area contributed by atoms with Gasteiger partial charge in [-0.2, -0.15) is 0 Å². The molecule has 0 aromatic heterocycles. The van der Waals surface area contributed by atoms with Crippen LogP contribution < -0.4 is 0 Å². The Kier molecular flexibility index (Phi) is 6.96. The second kappa shape index (κ2) is 9.18. The molecule has 0 radical (unpaired) electrons. The summed E-state index contributed by atoms with van der Waals surface area (Å²) in [6.07, 6.45) is 1.02. The molecule has 4 heteroatoms. The molecule has 1 unspecified atom stereocenters. The molecule has 0 saturated heterocycles. The van der Waals surface area contributed by atoms with Gasteiger partial charge in [0.25, 0.3) is 5.91 Å². The SMILES string of the molecule is CC(C)Cc1ccc(C(C)C(=O)OCN(C)C(=O)c2ccccc2)cc1. The highest BCUT2D eigenvalue weighted by Crippen LogP contribution is 2.19. The largest absolute Gasteiger partial charge is 0.444 e. The van der Waals surface area contributed by atoms with Gasteiger partial charge in [0.1, 0.15) is 0 Å². The van der Waals surface area contributed by atoms with Gasteiger partial charge < -0.3 is 9.64 Å². The van der Waals surface area contributed by atoms with Crippen LogP contribution in [-0.2, 0) is 16.0 Å². The van der Waals surface area contributed by atoms with Gasteiger partial charge in [-0.05, 0) is 42.5 Å². The van der Waals surface area contributed by atoms with E-state index in [1.54, 1.807) is 31.3 Å². The van der Waals surface area contributed by atoms with Gasteiger partial charge in [-0.3, -0.25) is 9.59 Å². The Morgan fingerprint density at radius 3 is 2.15 bits per heavy atom. The number of ether oxygens (including phenoxy) is 1. The van der Waals surface area contributed by atoms with E-state index in [-0.39, 0.29) is 24.5 Å². The van der Waals surface area contributed by atoms with Crippen molar-refractivity contribution >= 4 is 11.9 Å². The second-order valence-corrected chi connectivity index (χ2v) is 7.02. The fraction of sp³-hybridized carbons (Fsp3) is 0.364. The lowest BCUT2D eigenvalue weighted by molar-refractivity contribution is -0.148. The fourth-order valence-electron chi connectivity index (χ4n) is 2.70. The average molecular weight is 353 g/mol. The van der Waals surface area contributed by atoms with Crippen molar-refractivity contribution in [3.05, 3.63) is 71.3 Å². The minimum absolute atomic E-state index is 0.0671. The molecular weight excluding hydrogens is 326 g/mol. The van der Waals surface area contributed by atoms with Crippen LogP contribution in [0.2, 0.25) is 0 Å². The number of carbonyl (C=O) groups excluding carboxylic acids is 2. The highest BCUT2D eigenvalue weighted by atomic mass is 16.5. The molecule has 0 heterocycles. The number of hydrogen-bond donors (Lipinski definition) is 0. The lowest BCUT2D eigenvalue weighted by Gasteiger charge is -2.19. The van der Waals surface area contributed by atoms with Crippen molar-refractivity contribution in [2.75, 3.05) is 13.8 Å². The summed E-state index contributed by atoms with van der Waals surface area (Å²) in [6.45, 7) is 6.11. The Hall–Kier alpha value is -2.62. The summed E-state index contributed by atoms with van der Waals surface area (Å²) in [5.74, 6) is -0.289. The molecular formula is C22H27NO3. The molecule has 138 valence electrons. The van der Waals surface area contributed by atoms with Gasteiger partial charge >= 0.3 is 5.97 Å². The molecule has 0 bridgehead atoms. The summed E-state index contributed by atoms with van der Waals surface area (Å²) in [5, 5.41) is 0. The monoisotopic (exact) mass is 353 g/mol. The zero-order valence-electron chi connectivity index (χ0n) is 15.9. The third-order valence-electron chi connectivity index (χ3n) is 4.25.